The molecule has 0 aliphatic carbocycles. The minimum Gasteiger partial charge on any atom is -0.366 e. The van der Waals surface area contributed by atoms with Gasteiger partial charge in [0, 0.05) is 18.7 Å². The Morgan fingerprint density at radius 3 is 2.37 bits per heavy atom. The quantitative estimate of drug-likeness (QED) is 0.638. The van der Waals surface area contributed by atoms with Crippen molar-refractivity contribution in [1.82, 2.24) is 4.90 Å². The van der Waals surface area contributed by atoms with Crippen LogP contribution in [0.5, 0.6) is 0 Å². The summed E-state index contributed by atoms with van der Waals surface area (Å²) in [5.74, 6) is 0.127. The molecule has 1 unspecified atom stereocenters. The third-order valence-corrected chi connectivity index (χ3v) is 6.84. The Balaban J connectivity index is 1.43. The lowest BCUT2D eigenvalue weighted by Crippen LogP contribution is -2.47. The number of nitrogens with two attached hydrogens (primary N) is 1. The van der Waals surface area contributed by atoms with E-state index in [0.717, 1.165) is 26.1 Å². The van der Waals surface area contributed by atoms with E-state index in [0.29, 0.717) is 11.5 Å². The summed E-state index contributed by atoms with van der Waals surface area (Å²) in [5, 5.41) is 0. The van der Waals surface area contributed by atoms with Gasteiger partial charge in [0.25, 0.3) is 0 Å². The molecule has 2 atom stereocenters. The fourth-order valence-electron chi connectivity index (χ4n) is 4.61. The van der Waals surface area contributed by atoms with Crippen LogP contribution in [0.1, 0.15) is 41.8 Å². The van der Waals surface area contributed by atoms with Crippen molar-refractivity contribution < 1.29 is 4.79 Å². The van der Waals surface area contributed by atoms with E-state index in [4.69, 9.17) is 5.73 Å². The number of likely N-dealkylation sites (tertiary alicyclic amines) is 1. The highest BCUT2D eigenvalue weighted by Gasteiger charge is 2.38. The molecule has 0 spiro atoms. The van der Waals surface area contributed by atoms with E-state index < -0.39 is 0 Å². The predicted octanol–water partition coefficient (Wildman–Crippen LogP) is 5.25. The molecular weight excluding hydrogens is 368 g/mol. The number of hydrogen-bond acceptors (Lipinski definition) is 2. The zero-order chi connectivity index (χ0) is 21.1. The minimum atomic E-state index is -0.357. The van der Waals surface area contributed by atoms with E-state index in [9.17, 15) is 4.79 Å². The Morgan fingerprint density at radius 1 is 1.00 bits per heavy atom. The zero-order valence-electron chi connectivity index (χ0n) is 17.8. The summed E-state index contributed by atoms with van der Waals surface area (Å²) in [7, 11) is 0. The van der Waals surface area contributed by atoms with Gasteiger partial charge < -0.3 is 5.73 Å². The number of nitrogens with zero attached hydrogens (tertiary/aromatic N) is 1. The summed E-state index contributed by atoms with van der Waals surface area (Å²) in [6, 6.07) is 27.3. The lowest BCUT2D eigenvalue weighted by Gasteiger charge is -2.45. The summed E-state index contributed by atoms with van der Waals surface area (Å²) in [6.45, 7) is 7.70. The lowest BCUT2D eigenvalue weighted by molar-refractivity contribution is 0.0996. The van der Waals surface area contributed by atoms with Crippen molar-refractivity contribution in [2.24, 2.45) is 11.7 Å². The smallest absolute Gasteiger partial charge is 0.248 e. The predicted molar refractivity (Wildman–Crippen MR) is 123 cm³/mol. The molecule has 1 saturated heterocycles. The van der Waals surface area contributed by atoms with Crippen LogP contribution in [0.2, 0.25) is 0 Å². The van der Waals surface area contributed by atoms with Gasteiger partial charge in [0.1, 0.15) is 0 Å². The number of hydrogen-bond donors (Lipinski definition) is 1. The van der Waals surface area contributed by atoms with Crippen molar-refractivity contribution in [2.75, 3.05) is 13.1 Å². The molecule has 30 heavy (non-hydrogen) atoms. The molecule has 2 N–H and O–H groups in total. The van der Waals surface area contributed by atoms with Gasteiger partial charge in [0.15, 0.2) is 0 Å². The van der Waals surface area contributed by atoms with Crippen LogP contribution < -0.4 is 5.73 Å². The average molecular weight is 399 g/mol. The third-order valence-electron chi connectivity index (χ3n) is 6.84. The molecule has 3 aromatic carbocycles. The highest BCUT2D eigenvalue weighted by Crippen LogP contribution is 2.40. The second-order valence-electron chi connectivity index (χ2n) is 8.81. The second-order valence-corrected chi connectivity index (χ2v) is 8.81. The SMILES string of the molecule is CC1CN(Cc2ccc(-c3ccccc3)cc2)CC[C@@]1(C)c1cccc(C(N)=O)c1. The summed E-state index contributed by atoms with van der Waals surface area (Å²) in [5.41, 5.74) is 11.2. The molecule has 3 aromatic rings. The van der Waals surface area contributed by atoms with Crippen molar-refractivity contribution in [2.45, 2.75) is 32.2 Å². The zero-order valence-corrected chi connectivity index (χ0v) is 17.8. The van der Waals surface area contributed by atoms with Crippen LogP contribution in [-0.4, -0.2) is 23.9 Å². The van der Waals surface area contributed by atoms with Crippen LogP contribution in [0.3, 0.4) is 0 Å². The molecule has 154 valence electrons. The summed E-state index contributed by atoms with van der Waals surface area (Å²) < 4.78 is 0. The van der Waals surface area contributed by atoms with Crippen molar-refractivity contribution in [3.63, 3.8) is 0 Å². The Kier molecular flexibility index (Phi) is 5.74. The standard InChI is InChI=1S/C27H30N2O/c1-20-18-29(16-15-27(20,2)25-10-6-9-24(17-25)26(28)30)19-21-11-13-23(14-12-21)22-7-4-3-5-8-22/h3-14,17,20H,15-16,18-19H2,1-2H3,(H2,28,30)/t20?,27-/m1/s1. The van der Waals surface area contributed by atoms with Crippen molar-refractivity contribution in [3.05, 3.63) is 95.6 Å². The summed E-state index contributed by atoms with van der Waals surface area (Å²) in [4.78, 5) is 14.1. The van der Waals surface area contributed by atoms with Crippen LogP contribution >= 0.6 is 0 Å². The fourth-order valence-corrected chi connectivity index (χ4v) is 4.61. The van der Waals surface area contributed by atoms with Gasteiger partial charge in [0.2, 0.25) is 5.91 Å². The first-order valence-corrected chi connectivity index (χ1v) is 10.7. The monoisotopic (exact) mass is 398 g/mol. The first-order valence-electron chi connectivity index (χ1n) is 10.7. The van der Waals surface area contributed by atoms with Crippen LogP contribution in [0.4, 0.5) is 0 Å². The molecule has 1 fully saturated rings. The molecule has 0 aromatic heterocycles. The average Bonchev–Trinajstić information content (AvgIpc) is 2.77. The fraction of sp³-hybridized carbons (Fsp3) is 0.296. The third kappa shape index (κ3) is 4.17. The summed E-state index contributed by atoms with van der Waals surface area (Å²) in [6.07, 6.45) is 1.07. The topological polar surface area (TPSA) is 46.3 Å². The highest BCUT2D eigenvalue weighted by molar-refractivity contribution is 5.92. The maximum atomic E-state index is 11.6. The van der Waals surface area contributed by atoms with Crippen molar-refractivity contribution in [1.29, 1.82) is 0 Å². The Morgan fingerprint density at radius 2 is 1.70 bits per heavy atom. The van der Waals surface area contributed by atoms with Gasteiger partial charge in [-0.05, 0) is 58.7 Å². The van der Waals surface area contributed by atoms with Gasteiger partial charge in [-0.15, -0.1) is 0 Å². The van der Waals surface area contributed by atoms with E-state index in [1.807, 2.05) is 18.2 Å². The van der Waals surface area contributed by atoms with E-state index in [1.54, 1.807) is 6.07 Å². The Bertz CT molecular complexity index is 1010. The molecule has 1 amide bonds. The van der Waals surface area contributed by atoms with Crippen molar-refractivity contribution in [3.8, 4) is 11.1 Å². The molecule has 1 heterocycles. The normalized spacial score (nSPS) is 22.0. The van der Waals surface area contributed by atoms with Crippen molar-refractivity contribution >= 4 is 5.91 Å². The molecule has 0 radical (unpaired) electrons. The molecule has 0 saturated carbocycles. The van der Waals surface area contributed by atoms with Gasteiger partial charge >= 0.3 is 0 Å². The molecule has 3 heteroatoms. The van der Waals surface area contributed by atoms with E-state index in [1.165, 1.54) is 22.3 Å². The molecule has 4 rings (SSSR count). The number of carbonyl (C=O) groups excluding carboxylic acids is 1. The van der Waals surface area contributed by atoms with Crippen LogP contribution in [0.15, 0.2) is 78.9 Å². The first-order chi connectivity index (χ1) is 14.5. The Hall–Kier alpha value is -2.91. The van der Waals surface area contributed by atoms with E-state index >= 15 is 0 Å². The van der Waals surface area contributed by atoms with Gasteiger partial charge in [-0.1, -0.05) is 80.6 Å². The van der Waals surface area contributed by atoms with E-state index in [-0.39, 0.29) is 11.3 Å². The lowest BCUT2D eigenvalue weighted by atomic mass is 9.68. The van der Waals surface area contributed by atoms with Crippen LogP contribution in [0.25, 0.3) is 11.1 Å². The van der Waals surface area contributed by atoms with Crippen LogP contribution in [-0.2, 0) is 12.0 Å². The molecule has 0 bridgehead atoms. The van der Waals surface area contributed by atoms with Crippen LogP contribution in [0, 0.1) is 5.92 Å². The number of piperidine rings is 1. The number of amides is 1. The molecule has 3 nitrogen and oxygen atoms in total. The number of benzene rings is 3. The van der Waals surface area contributed by atoms with E-state index in [2.05, 4.69) is 73.3 Å². The maximum Gasteiger partial charge on any atom is 0.248 e. The number of carbonyl (C=O) groups is 1. The number of rotatable bonds is 5. The maximum absolute atomic E-state index is 11.6. The van der Waals surface area contributed by atoms with Gasteiger partial charge in [-0.3, -0.25) is 9.69 Å². The minimum absolute atomic E-state index is 0.0547. The number of primary amides is 1. The van der Waals surface area contributed by atoms with Gasteiger partial charge in [0.05, 0.1) is 0 Å². The summed E-state index contributed by atoms with van der Waals surface area (Å²) >= 11 is 0. The van der Waals surface area contributed by atoms with Gasteiger partial charge in [-0.25, -0.2) is 0 Å². The van der Waals surface area contributed by atoms with Gasteiger partial charge in [-0.2, -0.15) is 0 Å². The largest absolute Gasteiger partial charge is 0.366 e. The molecule has 1 aliphatic heterocycles. The molecular formula is C27H30N2O. The Labute approximate surface area is 179 Å². The molecule has 1 aliphatic rings. The second kappa shape index (κ2) is 8.45. The first kappa shape index (κ1) is 20.4. The highest BCUT2D eigenvalue weighted by atomic mass is 16.1.